The fourth-order valence-corrected chi connectivity index (χ4v) is 2.10. The fourth-order valence-electron chi connectivity index (χ4n) is 1.91. The predicted octanol–water partition coefficient (Wildman–Crippen LogP) is 4.35. The fraction of sp³-hybridized carbons (Fsp3) is 0.250. The standard InChI is InChI=1S/C16H17ClO/c1-10-4-6-13(8-12(10)3)16(18)14-7-5-11(2)15(17)9-14/h4-9,16,18H,1-3H3. The first-order chi connectivity index (χ1) is 8.49. The van der Waals surface area contributed by atoms with Crippen LogP contribution >= 0.6 is 11.6 Å². The van der Waals surface area contributed by atoms with E-state index in [0.717, 1.165) is 16.7 Å². The molecule has 0 amide bonds. The molecule has 2 rings (SSSR count). The number of halogens is 1. The molecule has 1 N–H and O–H groups in total. The van der Waals surface area contributed by atoms with E-state index >= 15 is 0 Å². The maximum absolute atomic E-state index is 10.4. The highest BCUT2D eigenvalue weighted by Gasteiger charge is 2.12. The van der Waals surface area contributed by atoms with E-state index in [2.05, 4.69) is 6.92 Å². The average Bonchev–Trinajstić information content (AvgIpc) is 2.35. The Bertz CT molecular complexity index is 524. The van der Waals surface area contributed by atoms with E-state index in [9.17, 15) is 5.11 Å². The van der Waals surface area contributed by atoms with Gasteiger partial charge in [-0.15, -0.1) is 0 Å². The van der Waals surface area contributed by atoms with Crippen LogP contribution in [0, 0.1) is 20.8 Å². The molecule has 1 atom stereocenters. The Labute approximate surface area is 113 Å². The molecule has 0 saturated heterocycles. The summed E-state index contributed by atoms with van der Waals surface area (Å²) in [4.78, 5) is 0. The van der Waals surface area contributed by atoms with Crippen LogP contribution in [-0.2, 0) is 0 Å². The van der Waals surface area contributed by atoms with Gasteiger partial charge in [0.1, 0.15) is 6.10 Å². The highest BCUT2D eigenvalue weighted by atomic mass is 35.5. The Morgan fingerprint density at radius 3 is 1.94 bits per heavy atom. The number of hydrogen-bond acceptors (Lipinski definition) is 1. The minimum Gasteiger partial charge on any atom is -0.384 e. The lowest BCUT2D eigenvalue weighted by Gasteiger charge is -2.14. The molecule has 0 aliphatic carbocycles. The number of aliphatic hydroxyl groups excluding tert-OH is 1. The molecule has 0 heterocycles. The molecular weight excluding hydrogens is 244 g/mol. The zero-order chi connectivity index (χ0) is 13.3. The third-order valence-electron chi connectivity index (χ3n) is 3.36. The summed E-state index contributed by atoms with van der Waals surface area (Å²) in [6, 6.07) is 11.7. The zero-order valence-electron chi connectivity index (χ0n) is 10.9. The van der Waals surface area contributed by atoms with Crippen LogP contribution in [-0.4, -0.2) is 5.11 Å². The van der Waals surface area contributed by atoms with Gasteiger partial charge in [0, 0.05) is 5.02 Å². The van der Waals surface area contributed by atoms with Crippen molar-refractivity contribution in [2.75, 3.05) is 0 Å². The summed E-state index contributed by atoms with van der Waals surface area (Å²) in [7, 11) is 0. The van der Waals surface area contributed by atoms with Crippen LogP contribution in [0.4, 0.5) is 0 Å². The topological polar surface area (TPSA) is 20.2 Å². The Morgan fingerprint density at radius 2 is 1.39 bits per heavy atom. The van der Waals surface area contributed by atoms with E-state index in [1.54, 1.807) is 0 Å². The van der Waals surface area contributed by atoms with Gasteiger partial charge in [-0.05, 0) is 54.7 Å². The second kappa shape index (κ2) is 5.13. The number of benzene rings is 2. The van der Waals surface area contributed by atoms with Crippen molar-refractivity contribution >= 4 is 11.6 Å². The van der Waals surface area contributed by atoms with Gasteiger partial charge in [0.25, 0.3) is 0 Å². The van der Waals surface area contributed by atoms with E-state index in [4.69, 9.17) is 11.6 Å². The summed E-state index contributed by atoms with van der Waals surface area (Å²) in [5.41, 5.74) is 5.16. The molecule has 0 bridgehead atoms. The molecule has 1 nitrogen and oxygen atoms in total. The van der Waals surface area contributed by atoms with Crippen molar-refractivity contribution in [2.45, 2.75) is 26.9 Å². The second-order valence-corrected chi connectivity index (χ2v) is 5.16. The highest BCUT2D eigenvalue weighted by molar-refractivity contribution is 6.31. The van der Waals surface area contributed by atoms with Crippen molar-refractivity contribution in [2.24, 2.45) is 0 Å². The van der Waals surface area contributed by atoms with Gasteiger partial charge in [-0.25, -0.2) is 0 Å². The van der Waals surface area contributed by atoms with Gasteiger partial charge >= 0.3 is 0 Å². The molecular formula is C16H17ClO. The van der Waals surface area contributed by atoms with E-state index < -0.39 is 6.10 Å². The van der Waals surface area contributed by atoms with Gasteiger partial charge in [0.05, 0.1) is 0 Å². The van der Waals surface area contributed by atoms with Crippen molar-refractivity contribution in [1.82, 2.24) is 0 Å². The minimum absolute atomic E-state index is 0.623. The van der Waals surface area contributed by atoms with Crippen molar-refractivity contribution in [3.05, 3.63) is 69.2 Å². The summed E-state index contributed by atoms with van der Waals surface area (Å²) in [6.07, 6.45) is -0.623. The lowest BCUT2D eigenvalue weighted by Crippen LogP contribution is -2.00. The van der Waals surface area contributed by atoms with Crippen LogP contribution in [0.2, 0.25) is 5.02 Å². The van der Waals surface area contributed by atoms with Gasteiger partial charge in [-0.3, -0.25) is 0 Å². The highest BCUT2D eigenvalue weighted by Crippen LogP contribution is 2.27. The van der Waals surface area contributed by atoms with E-state index in [1.807, 2.05) is 50.2 Å². The predicted molar refractivity (Wildman–Crippen MR) is 76.2 cm³/mol. The van der Waals surface area contributed by atoms with Crippen molar-refractivity contribution in [1.29, 1.82) is 0 Å². The van der Waals surface area contributed by atoms with Crippen LogP contribution in [0.3, 0.4) is 0 Å². The first kappa shape index (κ1) is 13.1. The lowest BCUT2D eigenvalue weighted by molar-refractivity contribution is 0.220. The number of hydrogen-bond donors (Lipinski definition) is 1. The molecule has 0 aliphatic rings. The van der Waals surface area contributed by atoms with Crippen LogP contribution in [0.1, 0.15) is 33.9 Å². The quantitative estimate of drug-likeness (QED) is 0.851. The molecule has 0 radical (unpaired) electrons. The molecule has 0 aliphatic heterocycles. The van der Waals surface area contributed by atoms with Gasteiger partial charge in [-0.2, -0.15) is 0 Å². The molecule has 0 fully saturated rings. The molecule has 94 valence electrons. The summed E-state index contributed by atoms with van der Waals surface area (Å²) in [5.74, 6) is 0. The monoisotopic (exact) mass is 260 g/mol. The van der Waals surface area contributed by atoms with Crippen molar-refractivity contribution in [3.8, 4) is 0 Å². The minimum atomic E-state index is -0.623. The zero-order valence-corrected chi connectivity index (χ0v) is 11.6. The maximum atomic E-state index is 10.4. The van der Waals surface area contributed by atoms with Gasteiger partial charge in [0.2, 0.25) is 0 Å². The second-order valence-electron chi connectivity index (χ2n) is 4.75. The Hall–Kier alpha value is -1.31. The third kappa shape index (κ3) is 2.58. The molecule has 18 heavy (non-hydrogen) atoms. The molecule has 2 heteroatoms. The average molecular weight is 261 g/mol. The van der Waals surface area contributed by atoms with Crippen LogP contribution in [0.25, 0.3) is 0 Å². The normalized spacial score (nSPS) is 12.5. The number of aryl methyl sites for hydroxylation is 3. The van der Waals surface area contributed by atoms with Crippen LogP contribution in [0.5, 0.6) is 0 Å². The van der Waals surface area contributed by atoms with Gasteiger partial charge in [-0.1, -0.05) is 41.9 Å². The molecule has 0 aromatic heterocycles. The number of rotatable bonds is 2. The summed E-state index contributed by atoms with van der Waals surface area (Å²) >= 11 is 6.09. The summed E-state index contributed by atoms with van der Waals surface area (Å²) in [5, 5.41) is 11.1. The molecule has 0 spiro atoms. The molecule has 1 unspecified atom stereocenters. The lowest BCUT2D eigenvalue weighted by atomic mass is 9.97. The van der Waals surface area contributed by atoms with Crippen molar-refractivity contribution < 1.29 is 5.11 Å². The molecule has 2 aromatic carbocycles. The van der Waals surface area contributed by atoms with Gasteiger partial charge < -0.3 is 5.11 Å². The van der Waals surface area contributed by atoms with Crippen LogP contribution < -0.4 is 0 Å². The van der Waals surface area contributed by atoms with E-state index in [1.165, 1.54) is 11.1 Å². The SMILES string of the molecule is Cc1ccc(C(O)c2ccc(C)c(Cl)c2)cc1C. The van der Waals surface area contributed by atoms with Crippen LogP contribution in [0.15, 0.2) is 36.4 Å². The maximum Gasteiger partial charge on any atom is 0.104 e. The smallest absolute Gasteiger partial charge is 0.104 e. The Morgan fingerprint density at radius 1 is 0.833 bits per heavy atom. The van der Waals surface area contributed by atoms with Gasteiger partial charge in [0.15, 0.2) is 0 Å². The largest absolute Gasteiger partial charge is 0.384 e. The molecule has 2 aromatic rings. The Balaban J connectivity index is 2.37. The third-order valence-corrected chi connectivity index (χ3v) is 3.77. The molecule has 0 saturated carbocycles. The number of aliphatic hydroxyl groups is 1. The first-order valence-electron chi connectivity index (χ1n) is 6.00. The van der Waals surface area contributed by atoms with E-state index in [0.29, 0.717) is 5.02 Å². The van der Waals surface area contributed by atoms with E-state index in [-0.39, 0.29) is 0 Å². The van der Waals surface area contributed by atoms with Crippen molar-refractivity contribution in [3.63, 3.8) is 0 Å². The summed E-state index contributed by atoms with van der Waals surface area (Å²) < 4.78 is 0. The first-order valence-corrected chi connectivity index (χ1v) is 6.38. The Kier molecular flexibility index (Phi) is 3.74. The summed E-state index contributed by atoms with van der Waals surface area (Å²) in [6.45, 7) is 6.07.